The lowest BCUT2D eigenvalue weighted by atomic mass is 9.90. The molecule has 1 atom stereocenters. The molecule has 1 N–H and O–H groups in total. The number of hydrogen-bond donors (Lipinski definition) is 1. The van der Waals surface area contributed by atoms with E-state index in [0.29, 0.717) is 5.92 Å². The van der Waals surface area contributed by atoms with E-state index >= 15 is 0 Å². The number of likely N-dealkylation sites (N-methyl/N-ethyl adjacent to an activating group) is 1. The molecule has 2 heterocycles. The molecule has 2 aliphatic heterocycles. The van der Waals surface area contributed by atoms with E-state index < -0.39 is 0 Å². The van der Waals surface area contributed by atoms with Crippen molar-refractivity contribution in [2.45, 2.75) is 18.8 Å². The summed E-state index contributed by atoms with van der Waals surface area (Å²) in [5, 5.41) is 3.52. The number of fused-ring (bicyclic) bond motifs is 1. The third-order valence-corrected chi connectivity index (χ3v) is 4.50. The molecule has 1 saturated heterocycles. The van der Waals surface area contributed by atoms with E-state index in [1.165, 1.54) is 56.8 Å². The molecule has 2 aliphatic rings. The van der Waals surface area contributed by atoms with Crippen LogP contribution < -0.4 is 5.32 Å². The molecule has 0 spiro atoms. The number of nitrogens with zero attached hydrogens (tertiary/aromatic N) is 2. The van der Waals surface area contributed by atoms with Crippen LogP contribution in [0.5, 0.6) is 0 Å². The number of benzene rings is 1. The first-order chi connectivity index (χ1) is 9.33. The minimum absolute atomic E-state index is 0.709. The lowest BCUT2D eigenvalue weighted by Gasteiger charge is -2.31. The zero-order chi connectivity index (χ0) is 13.1. The average molecular weight is 259 g/mol. The van der Waals surface area contributed by atoms with Gasteiger partial charge in [0.25, 0.3) is 0 Å². The van der Waals surface area contributed by atoms with Gasteiger partial charge in [-0.25, -0.2) is 0 Å². The second-order valence-electron chi connectivity index (χ2n) is 5.96. The Bertz CT molecular complexity index is 418. The Morgan fingerprint density at radius 1 is 1.16 bits per heavy atom. The molecule has 1 fully saturated rings. The van der Waals surface area contributed by atoms with Crippen LogP contribution in [0.3, 0.4) is 0 Å². The first-order valence-corrected chi connectivity index (χ1v) is 7.56. The molecule has 3 nitrogen and oxygen atoms in total. The summed E-state index contributed by atoms with van der Waals surface area (Å²) in [7, 11) is 2.24. The van der Waals surface area contributed by atoms with Crippen LogP contribution in [0.25, 0.3) is 0 Å². The number of nitrogens with one attached hydrogen (secondary N) is 1. The molecule has 0 amide bonds. The zero-order valence-corrected chi connectivity index (χ0v) is 11.9. The van der Waals surface area contributed by atoms with Crippen LogP contribution >= 0.6 is 0 Å². The fourth-order valence-electron chi connectivity index (χ4n) is 3.33. The van der Waals surface area contributed by atoms with Gasteiger partial charge in [-0.15, -0.1) is 0 Å². The van der Waals surface area contributed by atoms with Crippen LogP contribution in [0.15, 0.2) is 24.3 Å². The van der Waals surface area contributed by atoms with Gasteiger partial charge in [0, 0.05) is 37.8 Å². The summed E-state index contributed by atoms with van der Waals surface area (Å²) in [5.41, 5.74) is 2.87. The Kier molecular flexibility index (Phi) is 4.04. The predicted octanol–water partition coefficient (Wildman–Crippen LogP) is 2.22. The molecule has 0 bridgehead atoms. The maximum absolute atomic E-state index is 3.52. The molecule has 19 heavy (non-hydrogen) atoms. The van der Waals surface area contributed by atoms with E-state index in [2.05, 4.69) is 46.4 Å². The third kappa shape index (κ3) is 3.10. The number of para-hydroxylation sites is 1. The summed E-state index contributed by atoms with van der Waals surface area (Å²) >= 11 is 0. The van der Waals surface area contributed by atoms with Crippen LogP contribution in [0.4, 0.5) is 5.69 Å². The van der Waals surface area contributed by atoms with E-state index in [4.69, 9.17) is 0 Å². The highest BCUT2D eigenvalue weighted by Gasteiger charge is 2.22. The van der Waals surface area contributed by atoms with Gasteiger partial charge in [0.05, 0.1) is 0 Å². The van der Waals surface area contributed by atoms with Crippen LogP contribution in [0.2, 0.25) is 0 Å². The number of rotatable bonds is 2. The van der Waals surface area contributed by atoms with Crippen molar-refractivity contribution in [1.82, 2.24) is 9.80 Å². The Morgan fingerprint density at radius 3 is 3.00 bits per heavy atom. The molecule has 1 aromatic rings. The maximum Gasteiger partial charge on any atom is 0.0376 e. The fraction of sp³-hybridized carbons (Fsp3) is 0.625. The van der Waals surface area contributed by atoms with Crippen molar-refractivity contribution in [3.8, 4) is 0 Å². The highest BCUT2D eigenvalue weighted by Crippen LogP contribution is 2.31. The van der Waals surface area contributed by atoms with Gasteiger partial charge in [-0.1, -0.05) is 18.2 Å². The standard InChI is InChI=1S/C16H25N3/c1-18-9-4-10-19(12-11-18)13-14-7-8-17-16-6-3-2-5-15(14)16/h2-3,5-6,14,17H,4,7-13H2,1H3. The van der Waals surface area contributed by atoms with Crippen LogP contribution in [0, 0.1) is 0 Å². The van der Waals surface area contributed by atoms with Gasteiger partial charge in [0.1, 0.15) is 0 Å². The smallest absolute Gasteiger partial charge is 0.0376 e. The van der Waals surface area contributed by atoms with Crippen LogP contribution in [-0.2, 0) is 0 Å². The Labute approximate surface area is 116 Å². The molecule has 0 saturated carbocycles. The molecule has 1 unspecified atom stereocenters. The monoisotopic (exact) mass is 259 g/mol. The molecule has 1 aromatic carbocycles. The van der Waals surface area contributed by atoms with Gasteiger partial charge in [-0.05, 0) is 44.6 Å². The highest BCUT2D eigenvalue weighted by atomic mass is 15.2. The van der Waals surface area contributed by atoms with Crippen LogP contribution in [-0.4, -0.2) is 56.1 Å². The predicted molar refractivity (Wildman–Crippen MR) is 80.8 cm³/mol. The van der Waals surface area contributed by atoms with E-state index in [1.807, 2.05) is 0 Å². The minimum Gasteiger partial charge on any atom is -0.385 e. The summed E-state index contributed by atoms with van der Waals surface area (Å²) in [6.07, 6.45) is 2.58. The molecule has 0 radical (unpaired) electrons. The molecule has 104 valence electrons. The van der Waals surface area contributed by atoms with E-state index in [-0.39, 0.29) is 0 Å². The topological polar surface area (TPSA) is 18.5 Å². The molecule has 3 rings (SSSR count). The normalized spacial score (nSPS) is 25.4. The van der Waals surface area contributed by atoms with Crippen molar-refractivity contribution >= 4 is 5.69 Å². The van der Waals surface area contributed by atoms with E-state index in [0.717, 1.165) is 6.54 Å². The Hall–Kier alpha value is -1.06. The largest absolute Gasteiger partial charge is 0.385 e. The van der Waals surface area contributed by atoms with Crippen LogP contribution in [0.1, 0.15) is 24.3 Å². The Morgan fingerprint density at radius 2 is 2.05 bits per heavy atom. The summed E-state index contributed by atoms with van der Waals surface area (Å²) in [4.78, 5) is 5.12. The second-order valence-corrected chi connectivity index (χ2v) is 5.96. The molecular formula is C16H25N3. The molecule has 3 heteroatoms. The number of hydrogen-bond acceptors (Lipinski definition) is 3. The van der Waals surface area contributed by atoms with Gasteiger partial charge >= 0.3 is 0 Å². The lowest BCUT2D eigenvalue weighted by Crippen LogP contribution is -2.34. The first kappa shape index (κ1) is 12.9. The van der Waals surface area contributed by atoms with Gasteiger partial charge in [0.15, 0.2) is 0 Å². The van der Waals surface area contributed by atoms with Gasteiger partial charge in [-0.2, -0.15) is 0 Å². The second kappa shape index (κ2) is 5.93. The average Bonchev–Trinajstić information content (AvgIpc) is 2.64. The van der Waals surface area contributed by atoms with Crippen molar-refractivity contribution < 1.29 is 0 Å². The van der Waals surface area contributed by atoms with Crippen molar-refractivity contribution in [1.29, 1.82) is 0 Å². The van der Waals surface area contributed by atoms with E-state index in [1.54, 1.807) is 0 Å². The van der Waals surface area contributed by atoms with Crippen molar-refractivity contribution in [3.05, 3.63) is 29.8 Å². The maximum atomic E-state index is 3.52. The quantitative estimate of drug-likeness (QED) is 0.878. The zero-order valence-electron chi connectivity index (χ0n) is 11.9. The summed E-state index contributed by atoms with van der Waals surface area (Å²) in [5.74, 6) is 0.709. The van der Waals surface area contributed by atoms with Crippen molar-refractivity contribution in [3.63, 3.8) is 0 Å². The first-order valence-electron chi connectivity index (χ1n) is 7.56. The summed E-state index contributed by atoms with van der Waals surface area (Å²) < 4.78 is 0. The SMILES string of the molecule is CN1CCCN(CC2CCNc3ccccc32)CC1. The summed E-state index contributed by atoms with van der Waals surface area (Å²) in [6, 6.07) is 8.83. The highest BCUT2D eigenvalue weighted by molar-refractivity contribution is 5.54. The molecule has 0 aromatic heterocycles. The Balaban J connectivity index is 1.67. The van der Waals surface area contributed by atoms with Gasteiger partial charge < -0.3 is 15.1 Å². The molecular weight excluding hydrogens is 234 g/mol. The lowest BCUT2D eigenvalue weighted by molar-refractivity contribution is 0.256. The summed E-state index contributed by atoms with van der Waals surface area (Å²) in [6.45, 7) is 7.30. The van der Waals surface area contributed by atoms with Crippen molar-refractivity contribution in [2.75, 3.05) is 51.6 Å². The molecule has 0 aliphatic carbocycles. The number of anilines is 1. The fourth-order valence-corrected chi connectivity index (χ4v) is 3.33. The van der Waals surface area contributed by atoms with Gasteiger partial charge in [0.2, 0.25) is 0 Å². The van der Waals surface area contributed by atoms with E-state index in [9.17, 15) is 0 Å². The third-order valence-electron chi connectivity index (χ3n) is 4.50. The minimum atomic E-state index is 0.709. The van der Waals surface area contributed by atoms with Gasteiger partial charge in [-0.3, -0.25) is 0 Å². The van der Waals surface area contributed by atoms with Crippen molar-refractivity contribution in [2.24, 2.45) is 0 Å².